The second kappa shape index (κ2) is 4.97. The van der Waals surface area contributed by atoms with Gasteiger partial charge in [-0.1, -0.05) is 23.7 Å². The Morgan fingerprint density at radius 3 is 3.00 bits per heavy atom. The zero-order valence-corrected chi connectivity index (χ0v) is 9.63. The molecule has 0 amide bonds. The largest absolute Gasteiger partial charge is 0.381 e. The molecule has 2 atom stereocenters. The Morgan fingerprint density at radius 1 is 1.53 bits per heavy atom. The number of rotatable bonds is 3. The molecule has 2 unspecified atom stereocenters. The van der Waals surface area contributed by atoms with Gasteiger partial charge in [-0.15, -0.1) is 0 Å². The predicted octanol–water partition coefficient (Wildman–Crippen LogP) is 2.64. The van der Waals surface area contributed by atoms with Crippen LogP contribution in [0.1, 0.15) is 18.0 Å². The maximum absolute atomic E-state index is 5.99. The maximum atomic E-state index is 5.99. The first-order chi connectivity index (χ1) is 7.31. The van der Waals surface area contributed by atoms with Gasteiger partial charge in [-0.3, -0.25) is 0 Å². The normalized spacial score (nSPS) is 22.9. The van der Waals surface area contributed by atoms with Gasteiger partial charge in [0.1, 0.15) is 0 Å². The van der Waals surface area contributed by atoms with Crippen LogP contribution in [0.15, 0.2) is 24.3 Å². The first-order valence-corrected chi connectivity index (χ1v) is 5.69. The summed E-state index contributed by atoms with van der Waals surface area (Å²) >= 11 is 5.99. The summed E-state index contributed by atoms with van der Waals surface area (Å²) in [5, 5.41) is 4.15. The molecule has 1 heterocycles. The summed E-state index contributed by atoms with van der Waals surface area (Å²) in [5.41, 5.74) is 1.25. The summed E-state index contributed by atoms with van der Waals surface area (Å²) in [7, 11) is 1.99. The summed E-state index contributed by atoms with van der Waals surface area (Å²) in [5.74, 6) is 0.563. The van der Waals surface area contributed by atoms with Crippen LogP contribution in [-0.2, 0) is 4.74 Å². The molecular weight excluding hydrogens is 210 g/mol. The topological polar surface area (TPSA) is 21.3 Å². The van der Waals surface area contributed by atoms with Crippen molar-refractivity contribution in [2.45, 2.75) is 12.5 Å². The van der Waals surface area contributed by atoms with Crippen molar-refractivity contribution in [3.63, 3.8) is 0 Å². The van der Waals surface area contributed by atoms with Crippen LogP contribution in [0.4, 0.5) is 0 Å². The molecule has 1 N–H and O–H groups in total. The molecule has 15 heavy (non-hydrogen) atoms. The molecular formula is C12H16ClNO. The summed E-state index contributed by atoms with van der Waals surface area (Å²) in [6.07, 6.45) is 1.12. The van der Waals surface area contributed by atoms with Crippen molar-refractivity contribution in [2.24, 2.45) is 5.92 Å². The molecule has 82 valence electrons. The number of hydrogen-bond donors (Lipinski definition) is 1. The van der Waals surface area contributed by atoms with Crippen LogP contribution in [0.5, 0.6) is 0 Å². The standard InChI is InChI=1S/C12H16ClNO/c1-14-12(10-5-6-15-8-10)9-3-2-4-11(13)7-9/h2-4,7,10,12,14H,5-6,8H2,1H3. The van der Waals surface area contributed by atoms with Crippen LogP contribution in [0, 0.1) is 5.92 Å². The number of ether oxygens (including phenoxy) is 1. The van der Waals surface area contributed by atoms with Crippen molar-refractivity contribution >= 4 is 11.6 Å². The molecule has 1 fully saturated rings. The average Bonchev–Trinajstić information content (AvgIpc) is 2.72. The molecule has 1 aromatic carbocycles. The zero-order chi connectivity index (χ0) is 10.7. The Morgan fingerprint density at radius 2 is 2.40 bits per heavy atom. The minimum atomic E-state index is 0.353. The van der Waals surface area contributed by atoms with Gasteiger partial charge in [0.2, 0.25) is 0 Å². The second-order valence-electron chi connectivity index (χ2n) is 3.95. The van der Waals surface area contributed by atoms with Crippen LogP contribution in [0.25, 0.3) is 0 Å². The maximum Gasteiger partial charge on any atom is 0.0513 e. The molecule has 1 aromatic rings. The van der Waals surface area contributed by atoms with Gasteiger partial charge in [-0.05, 0) is 31.2 Å². The van der Waals surface area contributed by atoms with E-state index in [1.165, 1.54) is 5.56 Å². The van der Waals surface area contributed by atoms with E-state index in [-0.39, 0.29) is 0 Å². The zero-order valence-electron chi connectivity index (χ0n) is 8.87. The highest BCUT2D eigenvalue weighted by molar-refractivity contribution is 6.30. The van der Waals surface area contributed by atoms with Crippen molar-refractivity contribution in [3.05, 3.63) is 34.9 Å². The van der Waals surface area contributed by atoms with E-state index in [0.29, 0.717) is 12.0 Å². The van der Waals surface area contributed by atoms with E-state index in [1.54, 1.807) is 0 Å². The molecule has 0 bridgehead atoms. The molecule has 2 rings (SSSR count). The lowest BCUT2D eigenvalue weighted by atomic mass is 9.92. The number of halogens is 1. The van der Waals surface area contributed by atoms with Crippen LogP contribution in [0.3, 0.4) is 0 Å². The fourth-order valence-electron chi connectivity index (χ4n) is 2.19. The van der Waals surface area contributed by atoms with Gasteiger partial charge >= 0.3 is 0 Å². The average molecular weight is 226 g/mol. The molecule has 0 aliphatic carbocycles. The smallest absolute Gasteiger partial charge is 0.0513 e. The van der Waals surface area contributed by atoms with E-state index in [9.17, 15) is 0 Å². The fraction of sp³-hybridized carbons (Fsp3) is 0.500. The van der Waals surface area contributed by atoms with Gasteiger partial charge in [0.15, 0.2) is 0 Å². The first-order valence-electron chi connectivity index (χ1n) is 5.31. The van der Waals surface area contributed by atoms with Crippen molar-refractivity contribution in [3.8, 4) is 0 Å². The first kappa shape index (κ1) is 10.9. The Hall–Kier alpha value is -0.570. The van der Waals surface area contributed by atoms with Gasteiger partial charge < -0.3 is 10.1 Å². The Labute approximate surface area is 95.6 Å². The number of benzene rings is 1. The third kappa shape index (κ3) is 2.51. The summed E-state index contributed by atoms with van der Waals surface area (Å²) in [6, 6.07) is 8.40. The third-order valence-electron chi connectivity index (χ3n) is 2.96. The number of hydrogen-bond acceptors (Lipinski definition) is 2. The lowest BCUT2D eigenvalue weighted by Gasteiger charge is -2.22. The van der Waals surface area contributed by atoms with E-state index in [4.69, 9.17) is 16.3 Å². The third-order valence-corrected chi connectivity index (χ3v) is 3.19. The summed E-state index contributed by atoms with van der Waals surface area (Å²) in [4.78, 5) is 0. The van der Waals surface area contributed by atoms with Crippen molar-refractivity contribution in [1.82, 2.24) is 5.32 Å². The molecule has 3 heteroatoms. The Bertz CT molecular complexity index is 323. The van der Waals surface area contributed by atoms with E-state index in [1.807, 2.05) is 25.2 Å². The second-order valence-corrected chi connectivity index (χ2v) is 4.38. The van der Waals surface area contributed by atoms with Gasteiger partial charge in [-0.2, -0.15) is 0 Å². The molecule has 0 spiro atoms. The number of nitrogens with one attached hydrogen (secondary N) is 1. The van der Waals surface area contributed by atoms with Crippen molar-refractivity contribution < 1.29 is 4.74 Å². The van der Waals surface area contributed by atoms with E-state index >= 15 is 0 Å². The highest BCUT2D eigenvalue weighted by atomic mass is 35.5. The van der Waals surface area contributed by atoms with Crippen molar-refractivity contribution in [1.29, 1.82) is 0 Å². The molecule has 0 radical (unpaired) electrons. The van der Waals surface area contributed by atoms with Gasteiger partial charge in [0, 0.05) is 23.6 Å². The van der Waals surface area contributed by atoms with Crippen LogP contribution in [0.2, 0.25) is 5.02 Å². The monoisotopic (exact) mass is 225 g/mol. The van der Waals surface area contributed by atoms with Gasteiger partial charge in [0.25, 0.3) is 0 Å². The lowest BCUT2D eigenvalue weighted by molar-refractivity contribution is 0.178. The highest BCUT2D eigenvalue weighted by Gasteiger charge is 2.25. The molecule has 1 aliphatic rings. The summed E-state index contributed by atoms with van der Waals surface area (Å²) < 4.78 is 5.42. The minimum absolute atomic E-state index is 0.353. The van der Waals surface area contributed by atoms with Crippen LogP contribution >= 0.6 is 11.6 Å². The van der Waals surface area contributed by atoms with Crippen LogP contribution < -0.4 is 5.32 Å². The Balaban J connectivity index is 2.18. The van der Waals surface area contributed by atoms with Crippen LogP contribution in [-0.4, -0.2) is 20.3 Å². The molecule has 0 aromatic heterocycles. The quantitative estimate of drug-likeness (QED) is 0.854. The fourth-order valence-corrected chi connectivity index (χ4v) is 2.39. The lowest BCUT2D eigenvalue weighted by Crippen LogP contribution is -2.25. The van der Waals surface area contributed by atoms with E-state index < -0.39 is 0 Å². The van der Waals surface area contributed by atoms with Gasteiger partial charge in [0.05, 0.1) is 6.61 Å². The molecule has 2 nitrogen and oxygen atoms in total. The van der Waals surface area contributed by atoms with Gasteiger partial charge in [-0.25, -0.2) is 0 Å². The molecule has 1 saturated heterocycles. The minimum Gasteiger partial charge on any atom is -0.381 e. The molecule has 0 saturated carbocycles. The summed E-state index contributed by atoms with van der Waals surface area (Å²) in [6.45, 7) is 1.72. The predicted molar refractivity (Wildman–Crippen MR) is 62.2 cm³/mol. The SMILES string of the molecule is CNC(c1cccc(Cl)c1)C1CCOC1. The Kier molecular flexibility index (Phi) is 3.62. The van der Waals surface area contributed by atoms with E-state index in [2.05, 4.69) is 11.4 Å². The molecule has 1 aliphatic heterocycles. The van der Waals surface area contributed by atoms with Crippen molar-refractivity contribution in [2.75, 3.05) is 20.3 Å². The highest BCUT2D eigenvalue weighted by Crippen LogP contribution is 2.29. The van der Waals surface area contributed by atoms with E-state index in [0.717, 1.165) is 24.7 Å².